The Bertz CT molecular complexity index is 1150. The first-order valence-electron chi connectivity index (χ1n) is 9.22. The Morgan fingerprint density at radius 2 is 1.84 bits per heavy atom. The number of primary amides is 1. The fourth-order valence-electron chi connectivity index (χ4n) is 2.75. The lowest BCUT2D eigenvalue weighted by Gasteiger charge is -2.14. The number of benzene rings is 1. The summed E-state index contributed by atoms with van der Waals surface area (Å²) < 4.78 is 45.8. The van der Waals surface area contributed by atoms with Gasteiger partial charge in [-0.05, 0) is 23.8 Å². The molecule has 0 aliphatic carbocycles. The number of nitrogens with one attached hydrogen (secondary N) is 2. The molecule has 3 aromatic rings. The van der Waals surface area contributed by atoms with Gasteiger partial charge in [-0.1, -0.05) is 12.1 Å². The summed E-state index contributed by atoms with van der Waals surface area (Å²) in [6, 6.07) is 6.44. The molecule has 0 saturated heterocycles. The van der Waals surface area contributed by atoms with Crippen molar-refractivity contribution >= 4 is 11.9 Å². The van der Waals surface area contributed by atoms with Crippen LogP contribution in [0.5, 0.6) is 5.75 Å². The van der Waals surface area contributed by atoms with Crippen LogP contribution in [0.3, 0.4) is 0 Å². The number of aliphatic hydroxyl groups is 1. The highest BCUT2D eigenvalue weighted by molar-refractivity contribution is 5.94. The molecule has 0 unspecified atom stereocenters. The van der Waals surface area contributed by atoms with Gasteiger partial charge in [0, 0.05) is 30.1 Å². The second-order valence-corrected chi connectivity index (χ2v) is 6.54. The molecule has 5 N–H and O–H groups in total. The molecule has 168 valence electrons. The number of ether oxygens (including phenoxy) is 1. The highest BCUT2D eigenvalue weighted by Crippen LogP contribution is 2.35. The Morgan fingerprint density at radius 3 is 2.41 bits per heavy atom. The summed E-state index contributed by atoms with van der Waals surface area (Å²) in [7, 11) is 0. The lowest BCUT2D eigenvalue weighted by molar-refractivity contribution is -0.140. The number of pyridine rings is 1. The van der Waals surface area contributed by atoms with Gasteiger partial charge in [-0.15, -0.1) is 0 Å². The second-order valence-electron chi connectivity index (χ2n) is 6.54. The molecule has 0 bridgehead atoms. The monoisotopic (exact) mass is 449 g/mol. The zero-order chi connectivity index (χ0) is 23.3. The molecule has 0 atom stereocenters. The van der Waals surface area contributed by atoms with E-state index in [4.69, 9.17) is 15.6 Å². The maximum Gasteiger partial charge on any atom is 0.431 e. The number of anilines is 1. The zero-order valence-electron chi connectivity index (χ0n) is 16.4. The van der Waals surface area contributed by atoms with Gasteiger partial charge in [0.25, 0.3) is 11.5 Å². The average Bonchev–Trinajstić information content (AvgIpc) is 2.76. The van der Waals surface area contributed by atoms with E-state index < -0.39 is 34.5 Å². The SMILES string of the molecule is NC(=O)c1cc(-c2ccc(OCc3cnc(NCCO)nc3)cc2)c(C(F)(F)F)[nH]c1=O. The van der Waals surface area contributed by atoms with Gasteiger partial charge in [-0.2, -0.15) is 13.2 Å². The molecule has 1 aromatic carbocycles. The third-order valence-corrected chi connectivity index (χ3v) is 4.26. The van der Waals surface area contributed by atoms with Gasteiger partial charge < -0.3 is 25.9 Å². The molecule has 12 heteroatoms. The first kappa shape index (κ1) is 22.7. The van der Waals surface area contributed by atoms with Crippen LogP contribution in [0.4, 0.5) is 19.1 Å². The molecule has 3 rings (SSSR count). The van der Waals surface area contributed by atoms with Crippen molar-refractivity contribution in [1.82, 2.24) is 15.0 Å². The third kappa shape index (κ3) is 5.40. The lowest BCUT2D eigenvalue weighted by atomic mass is 10.0. The standard InChI is InChI=1S/C20H18F3N5O4/c21-20(22,23)16-14(7-15(17(24)30)18(31)28-16)12-1-3-13(4-2-12)32-10-11-8-26-19(27-9-11)25-5-6-29/h1-4,7-9,29H,5-6,10H2,(H2,24,30)(H,28,31)(H,25,26,27). The molecule has 0 spiro atoms. The summed E-state index contributed by atoms with van der Waals surface area (Å²) in [6.07, 6.45) is -1.79. The van der Waals surface area contributed by atoms with Crippen LogP contribution in [0.25, 0.3) is 11.1 Å². The highest BCUT2D eigenvalue weighted by Gasteiger charge is 2.36. The average molecular weight is 449 g/mol. The van der Waals surface area contributed by atoms with E-state index in [-0.39, 0.29) is 18.8 Å². The zero-order valence-corrected chi connectivity index (χ0v) is 16.4. The number of nitrogens with zero attached hydrogens (tertiary/aromatic N) is 2. The number of rotatable bonds is 8. The fourth-order valence-corrected chi connectivity index (χ4v) is 2.75. The first-order chi connectivity index (χ1) is 15.2. The second kappa shape index (κ2) is 9.47. The van der Waals surface area contributed by atoms with E-state index in [0.717, 1.165) is 6.07 Å². The Morgan fingerprint density at radius 1 is 1.19 bits per heavy atom. The smallest absolute Gasteiger partial charge is 0.431 e. The van der Waals surface area contributed by atoms with Gasteiger partial charge in [0.2, 0.25) is 5.95 Å². The number of alkyl halides is 3. The molecule has 0 radical (unpaired) electrons. The van der Waals surface area contributed by atoms with E-state index in [1.54, 1.807) is 4.98 Å². The van der Waals surface area contributed by atoms with E-state index in [1.165, 1.54) is 36.7 Å². The molecule has 1 amide bonds. The predicted octanol–water partition coefficient (Wildman–Crippen LogP) is 1.93. The van der Waals surface area contributed by atoms with Crippen LogP contribution in [0, 0.1) is 0 Å². The van der Waals surface area contributed by atoms with Gasteiger partial charge in [0.1, 0.15) is 23.6 Å². The number of carbonyl (C=O) groups excluding carboxylic acids is 1. The molecule has 32 heavy (non-hydrogen) atoms. The summed E-state index contributed by atoms with van der Waals surface area (Å²) >= 11 is 0. The summed E-state index contributed by atoms with van der Waals surface area (Å²) in [5.41, 5.74) is 2.37. The van der Waals surface area contributed by atoms with Crippen LogP contribution < -0.4 is 21.3 Å². The number of carbonyl (C=O) groups is 1. The maximum absolute atomic E-state index is 13.4. The number of hydrogen-bond acceptors (Lipinski definition) is 7. The summed E-state index contributed by atoms with van der Waals surface area (Å²) in [5.74, 6) is -0.422. The molecule has 0 saturated carbocycles. The minimum absolute atomic E-state index is 0.0579. The van der Waals surface area contributed by atoms with Gasteiger partial charge in [0.05, 0.1) is 6.61 Å². The maximum atomic E-state index is 13.4. The largest absolute Gasteiger partial charge is 0.489 e. The van der Waals surface area contributed by atoms with Crippen LogP contribution in [-0.2, 0) is 12.8 Å². The van der Waals surface area contributed by atoms with Crippen molar-refractivity contribution in [3.63, 3.8) is 0 Å². The number of nitrogens with two attached hydrogens (primary N) is 1. The molecule has 2 aromatic heterocycles. The summed E-state index contributed by atoms with van der Waals surface area (Å²) in [5, 5.41) is 11.6. The van der Waals surface area contributed by atoms with Crippen molar-refractivity contribution in [2.45, 2.75) is 12.8 Å². The Kier molecular flexibility index (Phi) is 6.73. The number of amides is 1. The minimum Gasteiger partial charge on any atom is -0.489 e. The lowest BCUT2D eigenvalue weighted by Crippen LogP contribution is -2.27. The predicted molar refractivity (Wildman–Crippen MR) is 108 cm³/mol. The van der Waals surface area contributed by atoms with E-state index in [1.807, 2.05) is 0 Å². The van der Waals surface area contributed by atoms with Crippen molar-refractivity contribution in [2.75, 3.05) is 18.5 Å². The van der Waals surface area contributed by atoms with Gasteiger partial charge in [-0.3, -0.25) is 9.59 Å². The number of aromatic nitrogens is 3. The summed E-state index contributed by atoms with van der Waals surface area (Å²) in [6.45, 7) is 0.365. The van der Waals surface area contributed by atoms with Crippen molar-refractivity contribution in [1.29, 1.82) is 0 Å². The van der Waals surface area contributed by atoms with E-state index in [2.05, 4.69) is 15.3 Å². The third-order valence-electron chi connectivity index (χ3n) is 4.26. The minimum atomic E-state index is -4.85. The molecule has 0 aliphatic rings. The van der Waals surface area contributed by atoms with Crippen molar-refractivity contribution in [2.24, 2.45) is 5.73 Å². The number of H-pyrrole nitrogens is 1. The molecule has 9 nitrogen and oxygen atoms in total. The van der Waals surface area contributed by atoms with Gasteiger partial charge in [-0.25, -0.2) is 9.97 Å². The van der Waals surface area contributed by atoms with Crippen LogP contribution in [0.2, 0.25) is 0 Å². The molecule has 2 heterocycles. The first-order valence-corrected chi connectivity index (χ1v) is 9.22. The van der Waals surface area contributed by atoms with Crippen LogP contribution in [0.15, 0.2) is 47.5 Å². The van der Waals surface area contributed by atoms with E-state index >= 15 is 0 Å². The number of hydrogen-bond donors (Lipinski definition) is 4. The Hall–Kier alpha value is -3.93. The molecular formula is C20H18F3N5O4. The van der Waals surface area contributed by atoms with Gasteiger partial charge in [0.15, 0.2) is 0 Å². The van der Waals surface area contributed by atoms with Crippen molar-refractivity contribution in [3.05, 3.63) is 69.9 Å². The molecule has 0 fully saturated rings. The Balaban J connectivity index is 1.79. The number of aliphatic hydroxyl groups excluding tert-OH is 1. The summed E-state index contributed by atoms with van der Waals surface area (Å²) in [4.78, 5) is 33.0. The fraction of sp³-hybridized carbons (Fsp3) is 0.200. The number of aromatic amines is 1. The van der Waals surface area contributed by atoms with E-state index in [0.29, 0.717) is 23.8 Å². The van der Waals surface area contributed by atoms with Crippen molar-refractivity contribution in [3.8, 4) is 16.9 Å². The van der Waals surface area contributed by atoms with Crippen LogP contribution in [-0.4, -0.2) is 39.1 Å². The van der Waals surface area contributed by atoms with E-state index in [9.17, 15) is 22.8 Å². The Labute approximate surface area is 179 Å². The number of halogens is 3. The quantitative estimate of drug-likeness (QED) is 0.411. The van der Waals surface area contributed by atoms with Gasteiger partial charge >= 0.3 is 6.18 Å². The highest BCUT2D eigenvalue weighted by atomic mass is 19.4. The van der Waals surface area contributed by atoms with Crippen LogP contribution in [0.1, 0.15) is 21.6 Å². The molecular weight excluding hydrogens is 431 g/mol. The normalized spacial score (nSPS) is 11.2. The van der Waals surface area contributed by atoms with Crippen molar-refractivity contribution < 1.29 is 27.8 Å². The molecule has 0 aliphatic heterocycles. The topological polar surface area (TPSA) is 143 Å². The van der Waals surface area contributed by atoms with Crippen LogP contribution >= 0.6 is 0 Å².